The monoisotopic (exact) mass is 291 g/mol. The number of nitrogens with zero attached hydrogens (tertiary/aromatic N) is 3. The number of nitro groups is 1. The lowest BCUT2D eigenvalue weighted by Crippen LogP contribution is -2.02. The van der Waals surface area contributed by atoms with Gasteiger partial charge in [-0.1, -0.05) is 5.16 Å². The Hall–Kier alpha value is -2.64. The largest absolute Gasteiger partial charge is 0.497 e. The van der Waals surface area contributed by atoms with E-state index in [2.05, 4.69) is 10.1 Å². The Morgan fingerprint density at radius 1 is 1.38 bits per heavy atom. The van der Waals surface area contributed by atoms with Crippen LogP contribution in [0.1, 0.15) is 18.2 Å². The van der Waals surface area contributed by atoms with Crippen molar-refractivity contribution >= 4 is 0 Å². The Labute approximate surface area is 119 Å². The molecule has 0 radical (unpaired) electrons. The molecule has 110 valence electrons. The molecule has 8 heteroatoms. The van der Waals surface area contributed by atoms with Crippen LogP contribution >= 0.6 is 0 Å². The summed E-state index contributed by atoms with van der Waals surface area (Å²) in [7, 11) is 3.09. The van der Waals surface area contributed by atoms with Crippen LogP contribution in [0.3, 0.4) is 0 Å². The molecule has 1 aliphatic rings. The van der Waals surface area contributed by atoms with E-state index in [-0.39, 0.29) is 10.8 Å². The smallest absolute Gasteiger partial charge is 0.237 e. The Bertz CT molecular complexity index is 684. The third kappa shape index (κ3) is 2.39. The predicted molar refractivity (Wildman–Crippen MR) is 71.0 cm³/mol. The molecule has 1 saturated carbocycles. The number of rotatable bonds is 5. The van der Waals surface area contributed by atoms with E-state index in [0.29, 0.717) is 35.2 Å². The van der Waals surface area contributed by atoms with Gasteiger partial charge in [-0.25, -0.2) is 0 Å². The summed E-state index contributed by atoms with van der Waals surface area (Å²) < 4.78 is 15.5. The number of hydrogen-bond donors (Lipinski definition) is 0. The normalized spacial score (nSPS) is 20.1. The minimum absolute atomic E-state index is 0.287. The first-order valence-electron chi connectivity index (χ1n) is 6.33. The quantitative estimate of drug-likeness (QED) is 0.612. The van der Waals surface area contributed by atoms with Crippen LogP contribution in [-0.4, -0.2) is 35.3 Å². The number of benzene rings is 1. The maximum absolute atomic E-state index is 10.7. The van der Waals surface area contributed by atoms with Crippen LogP contribution in [0.5, 0.6) is 11.5 Å². The zero-order valence-electron chi connectivity index (χ0n) is 11.5. The van der Waals surface area contributed by atoms with Gasteiger partial charge in [0.15, 0.2) is 0 Å². The molecule has 3 rings (SSSR count). The van der Waals surface area contributed by atoms with Crippen molar-refractivity contribution in [3.63, 3.8) is 0 Å². The fraction of sp³-hybridized carbons (Fsp3) is 0.385. The molecule has 1 aliphatic carbocycles. The second kappa shape index (κ2) is 5.04. The van der Waals surface area contributed by atoms with Crippen LogP contribution < -0.4 is 9.47 Å². The van der Waals surface area contributed by atoms with Crippen LogP contribution in [0.4, 0.5) is 0 Å². The summed E-state index contributed by atoms with van der Waals surface area (Å²) in [4.78, 5) is 14.6. The van der Waals surface area contributed by atoms with Crippen molar-refractivity contribution in [3.05, 3.63) is 34.2 Å². The van der Waals surface area contributed by atoms with Gasteiger partial charge in [0.1, 0.15) is 17.4 Å². The maximum Gasteiger partial charge on any atom is 0.237 e. The number of hydrogen-bond acceptors (Lipinski definition) is 7. The van der Waals surface area contributed by atoms with Crippen molar-refractivity contribution in [3.8, 4) is 22.9 Å². The summed E-state index contributed by atoms with van der Waals surface area (Å²) in [5, 5.41) is 14.6. The maximum atomic E-state index is 10.7. The Morgan fingerprint density at radius 3 is 2.81 bits per heavy atom. The standard InChI is InChI=1S/C13H13N3O5/c1-19-7-3-4-8(11(5-7)20-2)12-14-13(21-15-12)9-6-10(9)16(17)18/h3-5,9-10H,6H2,1-2H3/t9-,10-/m1/s1. The van der Waals surface area contributed by atoms with Crippen molar-refractivity contribution in [1.82, 2.24) is 10.1 Å². The first-order chi connectivity index (χ1) is 10.1. The van der Waals surface area contributed by atoms with E-state index in [1.807, 2.05) is 0 Å². The Morgan fingerprint density at radius 2 is 2.19 bits per heavy atom. The molecule has 0 unspecified atom stereocenters. The molecule has 0 N–H and O–H groups in total. The average Bonchev–Trinajstić information content (AvgIpc) is 3.17. The van der Waals surface area contributed by atoms with Crippen LogP contribution in [0.15, 0.2) is 22.7 Å². The highest BCUT2D eigenvalue weighted by Crippen LogP contribution is 2.43. The van der Waals surface area contributed by atoms with Crippen molar-refractivity contribution in [2.24, 2.45) is 0 Å². The molecular weight excluding hydrogens is 278 g/mol. The van der Waals surface area contributed by atoms with E-state index in [1.165, 1.54) is 7.11 Å². The lowest BCUT2D eigenvalue weighted by atomic mass is 10.2. The average molecular weight is 291 g/mol. The van der Waals surface area contributed by atoms with Crippen LogP contribution in [0.2, 0.25) is 0 Å². The zero-order valence-corrected chi connectivity index (χ0v) is 11.5. The van der Waals surface area contributed by atoms with Crippen molar-refractivity contribution in [2.45, 2.75) is 18.4 Å². The highest BCUT2D eigenvalue weighted by molar-refractivity contribution is 5.65. The summed E-state index contributed by atoms with van der Waals surface area (Å²) in [6, 6.07) is 4.60. The third-order valence-electron chi connectivity index (χ3n) is 3.44. The number of methoxy groups -OCH3 is 2. The third-order valence-corrected chi connectivity index (χ3v) is 3.44. The highest BCUT2D eigenvalue weighted by Gasteiger charge is 2.53. The van der Waals surface area contributed by atoms with E-state index in [4.69, 9.17) is 14.0 Å². The summed E-state index contributed by atoms with van der Waals surface area (Å²) in [5.41, 5.74) is 0.645. The molecule has 1 heterocycles. The predicted octanol–water partition coefficient (Wildman–Crippen LogP) is 1.89. The van der Waals surface area contributed by atoms with Crippen LogP contribution in [0, 0.1) is 10.1 Å². The molecule has 2 atom stereocenters. The molecule has 0 bridgehead atoms. The van der Waals surface area contributed by atoms with Crippen molar-refractivity contribution < 1.29 is 18.9 Å². The van der Waals surface area contributed by atoms with Gasteiger partial charge in [0.05, 0.1) is 19.8 Å². The van der Waals surface area contributed by atoms with Gasteiger partial charge in [-0.05, 0) is 12.1 Å². The molecule has 1 aromatic carbocycles. The molecular formula is C13H13N3O5. The summed E-state index contributed by atoms with van der Waals surface area (Å²) in [5.74, 6) is 1.55. The highest BCUT2D eigenvalue weighted by atomic mass is 16.6. The van der Waals surface area contributed by atoms with Gasteiger partial charge in [0.25, 0.3) is 0 Å². The summed E-state index contributed by atoms with van der Waals surface area (Å²) in [6.45, 7) is 0. The molecule has 1 aromatic heterocycles. The van der Waals surface area contributed by atoms with Crippen molar-refractivity contribution in [1.29, 1.82) is 0 Å². The topological polar surface area (TPSA) is 101 Å². The van der Waals surface area contributed by atoms with Crippen LogP contribution in [0.25, 0.3) is 11.4 Å². The summed E-state index contributed by atoms with van der Waals surface area (Å²) >= 11 is 0. The molecule has 21 heavy (non-hydrogen) atoms. The van der Waals surface area contributed by atoms with E-state index >= 15 is 0 Å². The minimum Gasteiger partial charge on any atom is -0.497 e. The lowest BCUT2D eigenvalue weighted by Gasteiger charge is -2.07. The van der Waals surface area contributed by atoms with Gasteiger partial charge in [0.2, 0.25) is 17.8 Å². The first kappa shape index (κ1) is 13.3. The molecule has 8 nitrogen and oxygen atoms in total. The number of aromatic nitrogens is 2. The van der Waals surface area contributed by atoms with E-state index in [1.54, 1.807) is 25.3 Å². The van der Waals surface area contributed by atoms with E-state index in [9.17, 15) is 10.1 Å². The SMILES string of the molecule is COc1ccc(-c2noc([C@@H]3C[C@H]3[N+](=O)[O-])n2)c(OC)c1. The van der Waals surface area contributed by atoms with Gasteiger partial charge < -0.3 is 14.0 Å². The van der Waals surface area contributed by atoms with Gasteiger partial charge in [-0.15, -0.1) is 0 Å². The molecule has 0 spiro atoms. The van der Waals surface area contributed by atoms with Gasteiger partial charge in [-0.3, -0.25) is 10.1 Å². The van der Waals surface area contributed by atoms with Gasteiger partial charge >= 0.3 is 0 Å². The first-order valence-corrected chi connectivity index (χ1v) is 6.33. The van der Waals surface area contributed by atoms with Gasteiger partial charge in [-0.2, -0.15) is 4.98 Å². The fourth-order valence-electron chi connectivity index (χ4n) is 2.16. The molecule has 0 saturated heterocycles. The van der Waals surface area contributed by atoms with E-state index in [0.717, 1.165) is 0 Å². The molecule has 1 fully saturated rings. The van der Waals surface area contributed by atoms with Crippen molar-refractivity contribution in [2.75, 3.05) is 14.2 Å². The molecule has 0 aliphatic heterocycles. The van der Waals surface area contributed by atoms with Crippen LogP contribution in [-0.2, 0) is 0 Å². The minimum atomic E-state index is -0.615. The van der Waals surface area contributed by atoms with Gasteiger partial charge in [0, 0.05) is 17.4 Å². The number of ether oxygens (including phenoxy) is 2. The Kier molecular flexibility index (Phi) is 3.20. The second-order valence-corrected chi connectivity index (χ2v) is 4.72. The second-order valence-electron chi connectivity index (χ2n) is 4.72. The van der Waals surface area contributed by atoms with E-state index < -0.39 is 6.04 Å². The molecule has 2 aromatic rings. The zero-order chi connectivity index (χ0) is 15.0. The summed E-state index contributed by atoms with van der Waals surface area (Å²) in [6.07, 6.45) is 0.439. The molecule has 0 amide bonds. The Balaban J connectivity index is 1.88. The fourth-order valence-corrected chi connectivity index (χ4v) is 2.16. The lowest BCUT2D eigenvalue weighted by molar-refractivity contribution is -0.496.